The van der Waals surface area contributed by atoms with Crippen molar-refractivity contribution >= 4 is 0 Å². The van der Waals surface area contributed by atoms with Gasteiger partial charge in [-0.3, -0.25) is 0 Å². The van der Waals surface area contributed by atoms with Crippen molar-refractivity contribution < 1.29 is 4.74 Å². The van der Waals surface area contributed by atoms with E-state index < -0.39 is 0 Å². The van der Waals surface area contributed by atoms with Crippen molar-refractivity contribution in [3.63, 3.8) is 0 Å². The second-order valence-corrected chi connectivity index (χ2v) is 5.43. The number of hydrogen-bond donors (Lipinski definition) is 1. The first kappa shape index (κ1) is 13.4. The number of hydrogen-bond acceptors (Lipinski definition) is 2. The standard InChI is InChI=1S/C16H25NO/c1-3-4-5-10-18-15-8-6-14(7-9-15)16-11-13(2)12-17-16/h6-9,13,16-17H,3-5,10-12H2,1-2H3/t13-,16-/m1/s1. The topological polar surface area (TPSA) is 21.3 Å². The lowest BCUT2D eigenvalue weighted by Gasteiger charge is -2.12. The predicted octanol–water partition coefficient (Wildman–Crippen LogP) is 3.93. The predicted molar refractivity (Wildman–Crippen MR) is 76.0 cm³/mol. The molecule has 1 aromatic carbocycles. The molecule has 0 radical (unpaired) electrons. The molecule has 100 valence electrons. The van der Waals surface area contributed by atoms with Gasteiger partial charge in [-0.1, -0.05) is 38.8 Å². The van der Waals surface area contributed by atoms with Crippen LogP contribution in [0, 0.1) is 5.92 Å². The summed E-state index contributed by atoms with van der Waals surface area (Å²) in [5.74, 6) is 1.79. The summed E-state index contributed by atoms with van der Waals surface area (Å²) in [7, 11) is 0. The molecule has 0 amide bonds. The number of unbranched alkanes of at least 4 members (excludes halogenated alkanes) is 2. The van der Waals surface area contributed by atoms with Crippen LogP contribution in [0.4, 0.5) is 0 Å². The molecule has 1 fully saturated rings. The molecule has 0 aromatic heterocycles. The largest absolute Gasteiger partial charge is 0.494 e. The molecule has 2 nitrogen and oxygen atoms in total. The van der Waals surface area contributed by atoms with E-state index in [-0.39, 0.29) is 0 Å². The molecule has 1 N–H and O–H groups in total. The fourth-order valence-electron chi connectivity index (χ4n) is 2.50. The summed E-state index contributed by atoms with van der Waals surface area (Å²) in [6, 6.07) is 9.14. The van der Waals surface area contributed by atoms with Crippen molar-refractivity contribution in [2.75, 3.05) is 13.2 Å². The first-order chi connectivity index (χ1) is 8.79. The molecular formula is C16H25NO. The van der Waals surface area contributed by atoms with E-state index in [2.05, 4.69) is 43.4 Å². The third kappa shape index (κ3) is 3.74. The van der Waals surface area contributed by atoms with E-state index in [1.54, 1.807) is 0 Å². The van der Waals surface area contributed by atoms with Gasteiger partial charge < -0.3 is 10.1 Å². The average molecular weight is 247 g/mol. The van der Waals surface area contributed by atoms with Crippen molar-refractivity contribution in [3.8, 4) is 5.75 Å². The highest BCUT2D eigenvalue weighted by Crippen LogP contribution is 2.27. The van der Waals surface area contributed by atoms with Crippen LogP contribution >= 0.6 is 0 Å². The fraction of sp³-hybridized carbons (Fsp3) is 0.625. The van der Waals surface area contributed by atoms with Crippen molar-refractivity contribution in [1.29, 1.82) is 0 Å². The van der Waals surface area contributed by atoms with E-state index in [1.165, 1.54) is 24.8 Å². The van der Waals surface area contributed by atoms with Gasteiger partial charge in [-0.2, -0.15) is 0 Å². The van der Waals surface area contributed by atoms with Gasteiger partial charge in [-0.05, 0) is 43.0 Å². The van der Waals surface area contributed by atoms with Crippen molar-refractivity contribution in [2.45, 2.75) is 45.6 Å². The van der Waals surface area contributed by atoms with Gasteiger partial charge >= 0.3 is 0 Å². The molecule has 18 heavy (non-hydrogen) atoms. The zero-order chi connectivity index (χ0) is 12.8. The van der Waals surface area contributed by atoms with Gasteiger partial charge in [0.1, 0.15) is 5.75 Å². The lowest BCUT2D eigenvalue weighted by atomic mass is 10.0. The van der Waals surface area contributed by atoms with Gasteiger partial charge in [0.2, 0.25) is 0 Å². The first-order valence-electron chi connectivity index (χ1n) is 7.25. The Morgan fingerprint density at radius 3 is 2.61 bits per heavy atom. The van der Waals surface area contributed by atoms with Crippen LogP contribution in [0.25, 0.3) is 0 Å². The molecule has 1 aromatic rings. The minimum atomic E-state index is 0.536. The molecule has 2 heteroatoms. The molecule has 2 atom stereocenters. The van der Waals surface area contributed by atoms with Gasteiger partial charge in [0, 0.05) is 6.04 Å². The average Bonchev–Trinajstić information content (AvgIpc) is 2.82. The Kier molecular flexibility index (Phi) is 5.06. The molecule has 1 heterocycles. The quantitative estimate of drug-likeness (QED) is 0.769. The molecule has 2 rings (SSSR count). The van der Waals surface area contributed by atoms with Crippen LogP contribution in [0.15, 0.2) is 24.3 Å². The van der Waals surface area contributed by atoms with Crippen LogP contribution in [-0.4, -0.2) is 13.2 Å². The highest BCUT2D eigenvalue weighted by Gasteiger charge is 2.21. The molecule has 0 aliphatic carbocycles. The van der Waals surface area contributed by atoms with Crippen LogP contribution in [0.3, 0.4) is 0 Å². The summed E-state index contributed by atoms with van der Waals surface area (Å²) >= 11 is 0. The third-order valence-corrected chi connectivity index (χ3v) is 3.65. The Balaban J connectivity index is 1.82. The van der Waals surface area contributed by atoms with E-state index in [1.807, 2.05) is 0 Å². The minimum Gasteiger partial charge on any atom is -0.494 e. The highest BCUT2D eigenvalue weighted by atomic mass is 16.5. The Hall–Kier alpha value is -1.02. The maximum atomic E-state index is 5.73. The Bertz CT molecular complexity index is 347. The SMILES string of the molecule is CCCCCOc1ccc([C@H]2C[C@@H](C)CN2)cc1. The van der Waals surface area contributed by atoms with Gasteiger partial charge in [0.25, 0.3) is 0 Å². The molecule has 0 spiro atoms. The number of nitrogens with one attached hydrogen (secondary N) is 1. The van der Waals surface area contributed by atoms with E-state index in [0.29, 0.717) is 6.04 Å². The Labute approximate surface area is 111 Å². The van der Waals surface area contributed by atoms with Crippen LogP contribution in [0.5, 0.6) is 5.75 Å². The second-order valence-electron chi connectivity index (χ2n) is 5.43. The number of benzene rings is 1. The van der Waals surface area contributed by atoms with Crippen LogP contribution < -0.4 is 10.1 Å². The molecule has 0 unspecified atom stereocenters. The van der Waals surface area contributed by atoms with Crippen molar-refractivity contribution in [2.24, 2.45) is 5.92 Å². The maximum Gasteiger partial charge on any atom is 0.119 e. The van der Waals surface area contributed by atoms with Gasteiger partial charge in [0.05, 0.1) is 6.61 Å². The first-order valence-corrected chi connectivity index (χ1v) is 7.25. The van der Waals surface area contributed by atoms with E-state index in [9.17, 15) is 0 Å². The van der Waals surface area contributed by atoms with Crippen LogP contribution in [0.1, 0.15) is 51.1 Å². The Morgan fingerprint density at radius 2 is 2.00 bits per heavy atom. The van der Waals surface area contributed by atoms with E-state index >= 15 is 0 Å². The summed E-state index contributed by atoms with van der Waals surface area (Å²) < 4.78 is 5.73. The lowest BCUT2D eigenvalue weighted by molar-refractivity contribution is 0.306. The molecule has 0 bridgehead atoms. The van der Waals surface area contributed by atoms with E-state index in [0.717, 1.165) is 31.2 Å². The number of rotatable bonds is 6. The minimum absolute atomic E-state index is 0.536. The summed E-state index contributed by atoms with van der Waals surface area (Å²) in [4.78, 5) is 0. The molecule has 1 saturated heterocycles. The van der Waals surface area contributed by atoms with E-state index in [4.69, 9.17) is 4.74 Å². The zero-order valence-electron chi connectivity index (χ0n) is 11.6. The van der Waals surface area contributed by atoms with Crippen LogP contribution in [0.2, 0.25) is 0 Å². The summed E-state index contributed by atoms with van der Waals surface area (Å²) in [5, 5.41) is 3.56. The summed E-state index contributed by atoms with van der Waals surface area (Å²) in [6.45, 7) is 6.49. The maximum absolute atomic E-state index is 5.73. The zero-order valence-corrected chi connectivity index (χ0v) is 11.6. The van der Waals surface area contributed by atoms with Crippen LogP contribution in [-0.2, 0) is 0 Å². The van der Waals surface area contributed by atoms with Crippen molar-refractivity contribution in [1.82, 2.24) is 5.32 Å². The summed E-state index contributed by atoms with van der Waals surface area (Å²) in [6.07, 6.45) is 4.90. The lowest BCUT2D eigenvalue weighted by Crippen LogP contribution is -2.13. The van der Waals surface area contributed by atoms with Gasteiger partial charge in [-0.25, -0.2) is 0 Å². The molecule has 1 aliphatic rings. The van der Waals surface area contributed by atoms with Gasteiger partial charge in [-0.15, -0.1) is 0 Å². The fourth-order valence-corrected chi connectivity index (χ4v) is 2.50. The Morgan fingerprint density at radius 1 is 1.22 bits per heavy atom. The monoisotopic (exact) mass is 247 g/mol. The van der Waals surface area contributed by atoms with Gasteiger partial charge in [0.15, 0.2) is 0 Å². The summed E-state index contributed by atoms with van der Waals surface area (Å²) in [5.41, 5.74) is 1.39. The van der Waals surface area contributed by atoms with Crippen molar-refractivity contribution in [3.05, 3.63) is 29.8 Å². The smallest absolute Gasteiger partial charge is 0.119 e. The second kappa shape index (κ2) is 6.79. The molecule has 0 saturated carbocycles. The molecular weight excluding hydrogens is 222 g/mol. The number of ether oxygens (including phenoxy) is 1. The molecule has 1 aliphatic heterocycles. The normalized spacial score (nSPS) is 23.2. The highest BCUT2D eigenvalue weighted by molar-refractivity contribution is 5.29. The third-order valence-electron chi connectivity index (χ3n) is 3.65.